The summed E-state index contributed by atoms with van der Waals surface area (Å²) in [5.74, 6) is -14.8. The molecule has 40 heteroatoms. The number of aliphatic hydroxyl groups is 6. The molecule has 0 aromatic heterocycles. The van der Waals surface area contributed by atoms with Crippen LogP contribution in [0.25, 0.3) is 11.1 Å². The predicted molar refractivity (Wildman–Crippen MR) is 463 cm³/mol. The molecule has 7 heterocycles. The van der Waals surface area contributed by atoms with Gasteiger partial charge in [-0.05, 0) is 209 Å². The summed E-state index contributed by atoms with van der Waals surface area (Å²) in [6.07, 6.45) is -14.7. The van der Waals surface area contributed by atoms with E-state index in [0.717, 1.165) is 86.7 Å². The van der Waals surface area contributed by atoms with Crippen molar-refractivity contribution >= 4 is 76.4 Å². The molecule has 9 amide bonds. The van der Waals surface area contributed by atoms with Crippen LogP contribution in [0.5, 0.6) is 51.7 Å². The second kappa shape index (κ2) is 40.6. The standard InChI is InChI=1S/C90H110Cl2N12O26/c1-38(2)18-56(96-7)82(116)103-72-74(110)44-9-12-60(54(91)28-44)126-62-30-48-31-63(78(62)130-89-79(77(113)76(112)64(36-105)128-89)129-66-35-90(4,93)80(114)39(3)125-66)127-61-13-10-45(29-55(61)92)75(111)73-88(122)102-71(86(120)99-68-46-20-40-19-41(22-46)23-47(68)21-40)53-32-50(106)33-59(108)67(53)52-27-43(8-11-58(52)107)69(84(118)104-73)101-85(119)70(48)100-83(117)57(97-87(72)121)34-65(109)98-81(115)49-24-42(37-123-16-14-94-5)25-51(26-49)124-17-15-95-6/h8-13,24-33,38-41,46-47,56-57,64,66,68-77,79-80,89,94-96,105-108,110-114H,14-23,34-37,93H2,1-7H3,(H,97,121)(H,99,120)(H,100,117)(H,101,119)(H,102,122)(H,103,116)(H,104,118)(H,98,109,115)/t39-,40?,41?,46?,47?,56+,57-,64+,66-,68?,69+,70+,71-,72+,73-,74+,75+,76+,77-,79+,80+,89-,90-/m0/s1. The van der Waals surface area contributed by atoms with Crippen LogP contribution < -0.4 is 83.2 Å². The number of phenolic OH excluding ortho intramolecular Hbond substituents is 3. The van der Waals surface area contributed by atoms with E-state index in [1.54, 1.807) is 20.2 Å². The Morgan fingerprint density at radius 3 is 1.92 bits per heavy atom. The summed E-state index contributed by atoms with van der Waals surface area (Å²) in [6, 6.07) is 4.04. The maximum absolute atomic E-state index is 16.8. The Labute approximate surface area is 757 Å². The molecule has 7 aliphatic heterocycles. The van der Waals surface area contributed by atoms with Crippen LogP contribution in [0.1, 0.15) is 153 Å². The number of imide groups is 1. The van der Waals surface area contributed by atoms with Gasteiger partial charge in [-0.25, -0.2) is 0 Å². The molecular formula is C90H110Cl2N12O26. The number of halogens is 2. The number of carbonyl (C=O) groups is 9. The molecule has 700 valence electrons. The number of hydrogen-bond acceptors (Lipinski definition) is 30. The first-order chi connectivity index (χ1) is 62.0. The minimum absolute atomic E-state index is 0.0365. The van der Waals surface area contributed by atoms with Crippen molar-refractivity contribution in [2.75, 3.05) is 54.1 Å². The minimum Gasteiger partial charge on any atom is -0.508 e. The number of rotatable bonds is 24. The molecule has 0 unspecified atom stereocenters. The zero-order valence-electron chi connectivity index (χ0n) is 72.2. The highest BCUT2D eigenvalue weighted by Crippen LogP contribution is 2.55. The maximum Gasteiger partial charge on any atom is 0.257 e. The normalized spacial score (nSPS) is 29.6. The lowest BCUT2D eigenvalue weighted by atomic mass is 9.54. The van der Waals surface area contributed by atoms with Crippen LogP contribution in [0.2, 0.25) is 10.0 Å². The predicted octanol–water partition coefficient (Wildman–Crippen LogP) is 2.77. The summed E-state index contributed by atoms with van der Waals surface area (Å²) in [5.41, 5.74) is 3.14. The van der Waals surface area contributed by atoms with Gasteiger partial charge in [0.2, 0.25) is 59.3 Å². The molecule has 18 atom stereocenters. The number of nitrogens with one attached hydrogen (secondary N) is 11. The zero-order chi connectivity index (χ0) is 93.2. The Balaban J connectivity index is 0.963. The van der Waals surface area contributed by atoms with Gasteiger partial charge in [0.05, 0.1) is 54.5 Å². The number of carbonyl (C=O) groups excluding carboxylic acids is 9. The number of aromatic hydroxyl groups is 3. The lowest BCUT2D eigenvalue weighted by Crippen LogP contribution is -2.64. The van der Waals surface area contributed by atoms with Crippen LogP contribution in [0, 0.1) is 29.6 Å². The lowest BCUT2D eigenvalue weighted by molar-refractivity contribution is -0.333. The van der Waals surface area contributed by atoms with Gasteiger partial charge in [0.25, 0.3) is 5.91 Å². The first-order valence-corrected chi connectivity index (χ1v) is 44.0. The van der Waals surface area contributed by atoms with E-state index >= 15 is 33.6 Å². The van der Waals surface area contributed by atoms with Crippen LogP contribution in [0.3, 0.4) is 0 Å². The van der Waals surface area contributed by atoms with E-state index in [4.69, 9.17) is 66.8 Å². The van der Waals surface area contributed by atoms with Crippen molar-refractivity contribution in [2.45, 2.75) is 201 Å². The number of nitrogens with two attached hydrogens (primary N) is 1. The second-order valence-corrected chi connectivity index (χ2v) is 36.0. The molecular weight excluding hydrogens is 1740 g/mol. The van der Waals surface area contributed by atoms with E-state index < -0.39 is 232 Å². The third-order valence-electron chi connectivity index (χ3n) is 25.2. The van der Waals surface area contributed by atoms with Gasteiger partial charge in [0.15, 0.2) is 23.9 Å². The Morgan fingerprint density at radius 2 is 1.28 bits per heavy atom. The number of benzene rings is 6. The molecule has 11 aliphatic rings. The summed E-state index contributed by atoms with van der Waals surface area (Å²) in [7, 11) is 4.90. The van der Waals surface area contributed by atoms with Crippen molar-refractivity contribution < 1.29 is 127 Å². The van der Waals surface area contributed by atoms with Gasteiger partial charge in [-0.15, -0.1) is 0 Å². The van der Waals surface area contributed by atoms with E-state index in [-0.39, 0.29) is 106 Å². The Kier molecular flexibility index (Phi) is 29.8. The summed E-state index contributed by atoms with van der Waals surface area (Å²) in [6.45, 7) is 6.84. The van der Waals surface area contributed by atoms with Gasteiger partial charge in [-0.2, -0.15) is 0 Å². The van der Waals surface area contributed by atoms with E-state index in [1.165, 1.54) is 57.3 Å². The number of amides is 9. The highest BCUT2D eigenvalue weighted by atomic mass is 35.5. The van der Waals surface area contributed by atoms with Gasteiger partial charge in [0, 0.05) is 53.8 Å². The fourth-order valence-electron chi connectivity index (χ4n) is 18.7. The summed E-state index contributed by atoms with van der Waals surface area (Å²) in [5, 5.41) is 136. The molecule has 22 N–H and O–H groups in total. The average molecular weight is 1850 g/mol. The number of fused-ring (bicyclic) bond motifs is 15. The fourth-order valence-corrected chi connectivity index (χ4v) is 19.2. The van der Waals surface area contributed by atoms with E-state index in [9.17, 15) is 55.5 Å². The molecule has 130 heavy (non-hydrogen) atoms. The van der Waals surface area contributed by atoms with Crippen molar-refractivity contribution in [3.05, 3.63) is 146 Å². The number of phenols is 3. The first kappa shape index (κ1) is 95.5. The Hall–Kier alpha value is -10.6. The van der Waals surface area contributed by atoms with E-state index in [0.29, 0.717) is 30.5 Å². The quantitative estimate of drug-likeness (QED) is 0.0387. The summed E-state index contributed by atoms with van der Waals surface area (Å²) >= 11 is 14.6. The molecule has 4 aliphatic carbocycles. The van der Waals surface area contributed by atoms with Crippen molar-refractivity contribution in [3.63, 3.8) is 0 Å². The minimum atomic E-state index is -2.44. The monoisotopic (exact) mass is 1840 g/mol. The first-order valence-electron chi connectivity index (χ1n) is 43.2. The molecule has 6 fully saturated rings. The van der Waals surface area contributed by atoms with Crippen molar-refractivity contribution in [1.29, 1.82) is 0 Å². The molecule has 2 saturated heterocycles. The third-order valence-corrected chi connectivity index (χ3v) is 25.8. The number of hydrogen-bond donors (Lipinski definition) is 21. The fraction of sp³-hybridized carbons (Fsp3) is 0.500. The van der Waals surface area contributed by atoms with Crippen LogP contribution in [-0.4, -0.2) is 238 Å². The van der Waals surface area contributed by atoms with Gasteiger partial charge in [0.1, 0.15) is 108 Å². The largest absolute Gasteiger partial charge is 0.508 e. The van der Waals surface area contributed by atoms with Gasteiger partial charge in [-0.1, -0.05) is 55.2 Å². The zero-order valence-corrected chi connectivity index (χ0v) is 73.7. The van der Waals surface area contributed by atoms with Gasteiger partial charge < -0.3 is 143 Å². The van der Waals surface area contributed by atoms with Crippen molar-refractivity contribution in [3.8, 4) is 62.9 Å². The highest BCUT2D eigenvalue weighted by Gasteiger charge is 2.53. The number of ether oxygens (including phenoxy) is 8. The number of likely N-dealkylation sites (N-methyl/N-ethyl adjacent to an activating group) is 3. The van der Waals surface area contributed by atoms with Crippen LogP contribution in [-0.2, 0) is 63.9 Å². The van der Waals surface area contributed by atoms with E-state index in [2.05, 4.69) is 58.5 Å². The maximum atomic E-state index is 16.8. The van der Waals surface area contributed by atoms with Crippen LogP contribution in [0.15, 0.2) is 97.1 Å². The molecule has 0 spiro atoms. The highest BCUT2D eigenvalue weighted by molar-refractivity contribution is 6.32. The molecule has 17 rings (SSSR count). The van der Waals surface area contributed by atoms with Gasteiger partial charge >= 0.3 is 0 Å². The molecule has 0 radical (unpaired) electrons. The van der Waals surface area contributed by atoms with Crippen molar-refractivity contribution in [1.82, 2.24) is 58.5 Å². The number of aliphatic hydroxyl groups excluding tert-OH is 6. The smallest absolute Gasteiger partial charge is 0.257 e. The lowest BCUT2D eigenvalue weighted by Gasteiger charge is -2.54. The molecule has 6 aromatic carbocycles. The van der Waals surface area contributed by atoms with Crippen LogP contribution in [0.4, 0.5) is 0 Å². The molecule has 4 saturated carbocycles. The average Bonchev–Trinajstić information content (AvgIpc) is 0.758. The second-order valence-electron chi connectivity index (χ2n) is 35.2. The topological polar surface area (TPSA) is 568 Å². The molecule has 6 aromatic rings. The Bertz CT molecular complexity index is 5240. The SMILES string of the molecule is CNCCOCc1cc(OCCNC)cc(C(=O)NC(=O)C[C@@H]2NC(=O)[C@H](NC(=O)[C@@H](CC(C)C)NC)[C@H](O)c3ccc(c(Cl)c3)Oc3cc4cc(c3O[C@@H]3O[C@H](CO)[C@@H](O)[C@H](O)[C@H]3O[C@H]3C[C@](C)(N)[C@H](O)[C@H](C)O3)Oc3ccc(cc3Cl)[C@@H](O)[C@@H]3NC(=O)[C@H](NC(=O)[C@@H]4NC2=O)c2ccc(O)c(c2)-c2c(O)cc(O)cc2[C@@H](C(=O)NC2C4CC5CC(C4)CC2C5)NC3=O)c1. The van der Waals surface area contributed by atoms with Crippen LogP contribution >= 0.6 is 23.2 Å². The van der Waals surface area contributed by atoms with E-state index in [1.807, 2.05) is 13.8 Å². The summed E-state index contributed by atoms with van der Waals surface area (Å²) in [4.78, 5) is 141. The third kappa shape index (κ3) is 21.1. The van der Waals surface area contributed by atoms with Crippen molar-refractivity contribution in [2.24, 2.45) is 35.3 Å². The molecule has 15 bridgehead atoms. The van der Waals surface area contributed by atoms with Gasteiger partial charge in [-0.3, -0.25) is 48.5 Å². The summed E-state index contributed by atoms with van der Waals surface area (Å²) < 4.78 is 51.0. The molecule has 38 nitrogen and oxygen atoms in total. The Morgan fingerprint density at radius 1 is 0.654 bits per heavy atom.